The molecule has 5 aromatic rings. The van der Waals surface area contributed by atoms with Crippen molar-refractivity contribution in [3.63, 3.8) is 0 Å². The Balaban J connectivity index is 1.25. The van der Waals surface area contributed by atoms with Gasteiger partial charge in [-0.25, -0.2) is 0 Å². The minimum atomic E-state index is -0.0150. The monoisotopic (exact) mass is 557 g/mol. The van der Waals surface area contributed by atoms with E-state index in [0.717, 1.165) is 95.0 Å². The molecule has 0 amide bonds. The van der Waals surface area contributed by atoms with Gasteiger partial charge in [0.2, 0.25) is 0 Å². The van der Waals surface area contributed by atoms with Gasteiger partial charge in [0.05, 0.1) is 11.0 Å². The summed E-state index contributed by atoms with van der Waals surface area (Å²) in [5.74, 6) is 0. The van der Waals surface area contributed by atoms with E-state index in [4.69, 9.17) is 9.72 Å². The van der Waals surface area contributed by atoms with Gasteiger partial charge in [-0.05, 0) is 85.7 Å². The fourth-order valence-corrected chi connectivity index (χ4v) is 6.43. The largest absolute Gasteiger partial charge is 0.372 e. The molecule has 1 fully saturated rings. The molecule has 2 aliphatic rings. The van der Waals surface area contributed by atoms with Crippen molar-refractivity contribution in [2.45, 2.75) is 32.9 Å². The summed E-state index contributed by atoms with van der Waals surface area (Å²) in [5.41, 5.74) is 6.34. The SMILES string of the molecule is CCOC(C)N1CCN(C2=CC=C(n3c(=O)ccc4cnc5ccc(-c6ccc7ccncc7c6)cc5c43)CC2)CC1. The average molecular weight is 558 g/mol. The molecule has 42 heavy (non-hydrogen) atoms. The second-order valence-corrected chi connectivity index (χ2v) is 11.1. The molecule has 4 heterocycles. The predicted octanol–water partition coefficient (Wildman–Crippen LogP) is 6.28. The topological polar surface area (TPSA) is 63.5 Å². The van der Waals surface area contributed by atoms with Crippen LogP contribution in [0, 0.1) is 0 Å². The minimum absolute atomic E-state index is 0.0150. The lowest BCUT2D eigenvalue weighted by atomic mass is 9.99. The van der Waals surface area contributed by atoms with E-state index in [1.165, 1.54) is 5.70 Å². The summed E-state index contributed by atoms with van der Waals surface area (Å²) in [6, 6.07) is 18.3. The second-order valence-electron chi connectivity index (χ2n) is 11.1. The van der Waals surface area contributed by atoms with E-state index in [9.17, 15) is 4.79 Å². The minimum Gasteiger partial charge on any atom is -0.372 e. The van der Waals surface area contributed by atoms with Crippen LogP contribution >= 0.6 is 0 Å². The van der Waals surface area contributed by atoms with Crippen molar-refractivity contribution >= 4 is 38.3 Å². The maximum atomic E-state index is 13.5. The summed E-state index contributed by atoms with van der Waals surface area (Å²) in [6.07, 6.45) is 11.8. The zero-order valence-electron chi connectivity index (χ0n) is 24.2. The van der Waals surface area contributed by atoms with Crippen molar-refractivity contribution in [2.75, 3.05) is 32.8 Å². The van der Waals surface area contributed by atoms with Gasteiger partial charge in [-0.3, -0.25) is 24.2 Å². The number of pyridine rings is 3. The third-order valence-corrected chi connectivity index (χ3v) is 8.73. The van der Waals surface area contributed by atoms with Gasteiger partial charge in [0.1, 0.15) is 6.23 Å². The molecule has 212 valence electrons. The number of ether oxygens (including phenoxy) is 1. The molecule has 1 aliphatic heterocycles. The van der Waals surface area contributed by atoms with Crippen LogP contribution in [-0.4, -0.2) is 63.3 Å². The van der Waals surface area contributed by atoms with Crippen molar-refractivity contribution in [2.24, 2.45) is 0 Å². The molecule has 7 rings (SSSR count). The van der Waals surface area contributed by atoms with Gasteiger partial charge in [-0.2, -0.15) is 0 Å². The molecule has 0 radical (unpaired) electrons. The van der Waals surface area contributed by atoms with E-state index in [2.05, 4.69) is 70.3 Å². The first kappa shape index (κ1) is 26.6. The predicted molar refractivity (Wildman–Crippen MR) is 170 cm³/mol. The highest BCUT2D eigenvalue weighted by Gasteiger charge is 2.24. The molecule has 7 heteroatoms. The van der Waals surface area contributed by atoms with Crippen molar-refractivity contribution in [1.29, 1.82) is 0 Å². The zero-order chi connectivity index (χ0) is 28.6. The summed E-state index contributed by atoms with van der Waals surface area (Å²) in [7, 11) is 0. The van der Waals surface area contributed by atoms with Gasteiger partial charge in [0.25, 0.3) is 5.56 Å². The first-order valence-electron chi connectivity index (χ1n) is 14.9. The first-order chi connectivity index (χ1) is 20.6. The molecule has 1 aliphatic carbocycles. The number of rotatable bonds is 6. The van der Waals surface area contributed by atoms with Crippen LogP contribution in [0.1, 0.15) is 26.7 Å². The number of aromatic nitrogens is 3. The van der Waals surface area contributed by atoms with Crippen LogP contribution in [0.2, 0.25) is 0 Å². The lowest BCUT2D eigenvalue weighted by Crippen LogP contribution is -2.49. The van der Waals surface area contributed by atoms with Crippen LogP contribution in [0.5, 0.6) is 0 Å². The van der Waals surface area contributed by atoms with E-state index in [1.54, 1.807) is 6.07 Å². The first-order valence-corrected chi connectivity index (χ1v) is 14.9. The van der Waals surface area contributed by atoms with Crippen molar-refractivity contribution < 1.29 is 4.74 Å². The van der Waals surface area contributed by atoms with Gasteiger partial charge in [-0.1, -0.05) is 18.2 Å². The van der Waals surface area contributed by atoms with Crippen molar-refractivity contribution in [1.82, 2.24) is 24.3 Å². The van der Waals surface area contributed by atoms with Crippen molar-refractivity contribution in [3.8, 4) is 11.1 Å². The van der Waals surface area contributed by atoms with Crippen molar-refractivity contribution in [3.05, 3.63) is 101 Å². The molecule has 2 aromatic carbocycles. The van der Waals surface area contributed by atoms with E-state index in [-0.39, 0.29) is 11.8 Å². The van der Waals surface area contributed by atoms with Crippen LogP contribution in [0.3, 0.4) is 0 Å². The maximum Gasteiger partial charge on any atom is 0.255 e. The Bertz CT molecular complexity index is 1920. The quantitative estimate of drug-likeness (QED) is 0.229. The second kappa shape index (κ2) is 11.2. The molecule has 1 atom stereocenters. The van der Waals surface area contributed by atoms with Crippen LogP contribution in [0.4, 0.5) is 0 Å². The molecule has 0 N–H and O–H groups in total. The Kier molecular flexibility index (Phi) is 7.06. The van der Waals surface area contributed by atoms with Gasteiger partial charge >= 0.3 is 0 Å². The lowest BCUT2D eigenvalue weighted by molar-refractivity contribution is -0.0575. The summed E-state index contributed by atoms with van der Waals surface area (Å²) in [5, 5.41) is 4.19. The lowest BCUT2D eigenvalue weighted by Gasteiger charge is -2.40. The number of hydrogen-bond donors (Lipinski definition) is 0. The molecule has 0 bridgehead atoms. The van der Waals surface area contributed by atoms with E-state index in [0.29, 0.717) is 0 Å². The fraction of sp³-hybridized carbons (Fsp3) is 0.286. The number of allylic oxidation sites excluding steroid dienone is 4. The molecule has 7 nitrogen and oxygen atoms in total. The fourth-order valence-electron chi connectivity index (χ4n) is 6.43. The highest BCUT2D eigenvalue weighted by Crippen LogP contribution is 2.33. The summed E-state index contributed by atoms with van der Waals surface area (Å²) in [6.45, 7) is 8.89. The third-order valence-electron chi connectivity index (χ3n) is 8.73. The molecule has 0 saturated carbocycles. The molecule has 1 unspecified atom stereocenters. The average Bonchev–Trinajstić information content (AvgIpc) is 3.04. The maximum absolute atomic E-state index is 13.5. The number of nitrogens with zero attached hydrogens (tertiary/aromatic N) is 5. The molecule has 0 spiro atoms. The highest BCUT2D eigenvalue weighted by atomic mass is 16.5. The Labute approximate surface area is 245 Å². The van der Waals surface area contributed by atoms with Gasteiger partial charge in [-0.15, -0.1) is 0 Å². The number of hydrogen-bond acceptors (Lipinski definition) is 6. The Morgan fingerprint density at radius 2 is 1.60 bits per heavy atom. The summed E-state index contributed by atoms with van der Waals surface area (Å²) >= 11 is 0. The zero-order valence-corrected chi connectivity index (χ0v) is 24.2. The number of fused-ring (bicyclic) bond motifs is 4. The van der Waals surface area contributed by atoms with E-state index >= 15 is 0 Å². The molecular weight excluding hydrogens is 522 g/mol. The Morgan fingerprint density at radius 1 is 0.833 bits per heavy atom. The Morgan fingerprint density at radius 3 is 2.40 bits per heavy atom. The standard InChI is InChI=1S/C35H35N5O2/c1-3-42-24(2)38-16-18-39(19-17-38)30-8-10-31(11-9-30)40-34(41)13-7-28-23-37-33-12-6-27(21-32(33)35(28)40)26-5-4-25-14-15-36-22-29(25)20-26/h4-8,10,12-15,20-24H,3,9,11,16-19H2,1-2H3. The van der Waals surface area contributed by atoms with Gasteiger partial charge in [0.15, 0.2) is 0 Å². The van der Waals surface area contributed by atoms with Gasteiger partial charge < -0.3 is 9.64 Å². The highest BCUT2D eigenvalue weighted by molar-refractivity contribution is 6.06. The number of benzene rings is 2. The molecular formula is C35H35N5O2. The van der Waals surface area contributed by atoms with Crippen LogP contribution in [-0.2, 0) is 4.74 Å². The summed E-state index contributed by atoms with van der Waals surface area (Å²) < 4.78 is 7.70. The Hall–Kier alpha value is -4.33. The number of piperazine rings is 1. The van der Waals surface area contributed by atoms with Gasteiger partial charge in [0, 0.05) is 85.0 Å². The van der Waals surface area contributed by atoms with E-state index < -0.39 is 0 Å². The third kappa shape index (κ3) is 4.89. The van der Waals surface area contributed by atoms with Crippen LogP contribution in [0.15, 0.2) is 95.8 Å². The normalized spacial score (nSPS) is 17.0. The van der Waals surface area contributed by atoms with Crippen LogP contribution < -0.4 is 5.56 Å². The summed E-state index contributed by atoms with van der Waals surface area (Å²) in [4.78, 5) is 27.4. The molecule has 1 saturated heterocycles. The van der Waals surface area contributed by atoms with E-state index in [1.807, 2.05) is 42.2 Å². The smallest absolute Gasteiger partial charge is 0.255 e. The van der Waals surface area contributed by atoms with Crippen LogP contribution in [0.25, 0.3) is 49.4 Å². The molecule has 3 aromatic heterocycles.